The molecule has 30 heavy (non-hydrogen) atoms. The van der Waals surface area contributed by atoms with Gasteiger partial charge in [0.15, 0.2) is 0 Å². The number of aromatic nitrogens is 2. The van der Waals surface area contributed by atoms with Crippen molar-refractivity contribution in [3.05, 3.63) is 77.9 Å². The first-order valence-electron chi connectivity index (χ1n) is 9.28. The molecule has 0 saturated heterocycles. The van der Waals surface area contributed by atoms with E-state index in [9.17, 15) is 14.4 Å². The van der Waals surface area contributed by atoms with Crippen LogP contribution in [0.15, 0.2) is 66.7 Å². The van der Waals surface area contributed by atoms with Gasteiger partial charge in [-0.3, -0.25) is 14.4 Å². The summed E-state index contributed by atoms with van der Waals surface area (Å²) in [5.74, 6) is 0.0211. The van der Waals surface area contributed by atoms with Gasteiger partial charge in [0.1, 0.15) is 11.6 Å². The number of imide groups is 1. The van der Waals surface area contributed by atoms with Crippen LogP contribution in [0.1, 0.15) is 27.6 Å². The summed E-state index contributed by atoms with van der Waals surface area (Å²) in [6.45, 7) is 1.35. The smallest absolute Gasteiger partial charge is 0.308 e. The van der Waals surface area contributed by atoms with E-state index in [2.05, 4.69) is 9.97 Å². The topological polar surface area (TPSA) is 92.4 Å². The van der Waals surface area contributed by atoms with Crippen molar-refractivity contribution in [1.82, 2.24) is 9.97 Å². The summed E-state index contributed by atoms with van der Waals surface area (Å²) in [5, 5.41) is 0. The Balaban J connectivity index is 1.49. The van der Waals surface area contributed by atoms with Crippen molar-refractivity contribution >= 4 is 34.5 Å². The number of fused-ring (bicyclic) bond motifs is 2. The van der Waals surface area contributed by atoms with Crippen molar-refractivity contribution in [1.29, 1.82) is 0 Å². The first-order chi connectivity index (χ1) is 14.5. The lowest BCUT2D eigenvalue weighted by Gasteiger charge is -2.13. The van der Waals surface area contributed by atoms with Crippen LogP contribution in [0.25, 0.3) is 22.4 Å². The number of benzene rings is 3. The summed E-state index contributed by atoms with van der Waals surface area (Å²) in [6.07, 6.45) is 0. The van der Waals surface area contributed by atoms with Gasteiger partial charge in [-0.15, -0.1) is 0 Å². The van der Waals surface area contributed by atoms with Gasteiger partial charge in [-0.1, -0.05) is 12.1 Å². The molecule has 5 rings (SSSR count). The molecule has 0 fully saturated rings. The second-order valence-corrected chi connectivity index (χ2v) is 6.90. The average molecular weight is 397 g/mol. The van der Waals surface area contributed by atoms with Gasteiger partial charge in [-0.2, -0.15) is 0 Å². The number of hydrogen-bond acceptors (Lipinski definition) is 5. The lowest BCUT2D eigenvalue weighted by molar-refractivity contribution is -0.131. The molecule has 4 aromatic rings. The fraction of sp³-hybridized carbons (Fsp3) is 0.0435. The number of ether oxygens (including phenoxy) is 1. The minimum atomic E-state index is -0.382. The highest BCUT2D eigenvalue weighted by Crippen LogP contribution is 2.31. The number of carbonyl (C=O) groups is 3. The Hall–Kier alpha value is -4.26. The molecular weight excluding hydrogens is 382 g/mol. The normalized spacial score (nSPS) is 13.0. The van der Waals surface area contributed by atoms with Gasteiger partial charge in [-0.25, -0.2) is 9.88 Å². The van der Waals surface area contributed by atoms with E-state index < -0.39 is 0 Å². The number of imidazole rings is 1. The lowest BCUT2D eigenvalue weighted by Crippen LogP contribution is -2.29. The van der Waals surface area contributed by atoms with Gasteiger partial charge in [0, 0.05) is 12.5 Å². The van der Waals surface area contributed by atoms with Crippen molar-refractivity contribution in [3.63, 3.8) is 0 Å². The summed E-state index contributed by atoms with van der Waals surface area (Å²) >= 11 is 0. The first kappa shape index (κ1) is 17.8. The van der Waals surface area contributed by atoms with E-state index in [0.717, 1.165) is 5.56 Å². The zero-order valence-electron chi connectivity index (χ0n) is 15.9. The maximum atomic E-state index is 12.7. The van der Waals surface area contributed by atoms with E-state index in [4.69, 9.17) is 4.74 Å². The van der Waals surface area contributed by atoms with Gasteiger partial charge < -0.3 is 9.72 Å². The van der Waals surface area contributed by atoms with E-state index in [-0.39, 0.29) is 17.8 Å². The highest BCUT2D eigenvalue weighted by atomic mass is 16.5. The zero-order chi connectivity index (χ0) is 20.8. The molecule has 1 N–H and O–H groups in total. The standard InChI is InChI=1S/C23H15N3O4/c1-13(27)30-16-9-6-14(7-10-16)21-24-19-11-8-15(12-20(19)25-21)26-22(28)17-4-2-3-5-18(17)23(26)29/h2-12H,1H3,(H,24,25). The van der Waals surface area contributed by atoms with E-state index in [1.807, 2.05) is 0 Å². The number of hydrogen-bond donors (Lipinski definition) is 1. The maximum Gasteiger partial charge on any atom is 0.308 e. The van der Waals surface area contributed by atoms with Crippen molar-refractivity contribution in [2.75, 3.05) is 4.90 Å². The monoisotopic (exact) mass is 397 g/mol. The van der Waals surface area contributed by atoms with Crippen LogP contribution in [0, 0.1) is 0 Å². The van der Waals surface area contributed by atoms with Crippen LogP contribution in [0.3, 0.4) is 0 Å². The van der Waals surface area contributed by atoms with Crippen LogP contribution in [0.2, 0.25) is 0 Å². The second kappa shape index (κ2) is 6.66. The number of nitrogens with one attached hydrogen (secondary N) is 1. The molecule has 0 unspecified atom stereocenters. The Morgan fingerprint density at radius 3 is 2.23 bits per heavy atom. The molecule has 0 aliphatic carbocycles. The minimum absolute atomic E-state index is 0.337. The summed E-state index contributed by atoms with van der Waals surface area (Å²) in [6, 6.07) is 19.0. The largest absolute Gasteiger partial charge is 0.427 e. The molecule has 2 amide bonds. The van der Waals surface area contributed by atoms with E-state index in [1.54, 1.807) is 66.7 Å². The molecule has 1 aromatic heterocycles. The summed E-state index contributed by atoms with van der Waals surface area (Å²) in [4.78, 5) is 45.5. The molecule has 0 spiro atoms. The summed E-state index contributed by atoms with van der Waals surface area (Å²) in [7, 11) is 0. The van der Waals surface area contributed by atoms with Crippen molar-refractivity contribution in [2.24, 2.45) is 0 Å². The van der Waals surface area contributed by atoms with Crippen LogP contribution in [-0.4, -0.2) is 27.8 Å². The minimum Gasteiger partial charge on any atom is -0.427 e. The number of carbonyl (C=O) groups excluding carboxylic acids is 3. The fourth-order valence-electron chi connectivity index (χ4n) is 3.54. The predicted molar refractivity (Wildman–Crippen MR) is 110 cm³/mol. The van der Waals surface area contributed by atoms with Crippen molar-refractivity contribution < 1.29 is 19.1 Å². The predicted octanol–water partition coefficient (Wildman–Crippen LogP) is 3.96. The van der Waals surface area contributed by atoms with Crippen LogP contribution in [0.5, 0.6) is 5.75 Å². The van der Waals surface area contributed by atoms with Crippen LogP contribution in [-0.2, 0) is 4.79 Å². The Morgan fingerprint density at radius 2 is 1.60 bits per heavy atom. The lowest BCUT2D eigenvalue weighted by atomic mass is 10.1. The number of rotatable bonds is 3. The van der Waals surface area contributed by atoms with Gasteiger partial charge in [-0.05, 0) is 54.6 Å². The molecule has 0 saturated carbocycles. The average Bonchev–Trinajstić information content (AvgIpc) is 3.27. The highest BCUT2D eigenvalue weighted by molar-refractivity contribution is 6.34. The zero-order valence-corrected chi connectivity index (χ0v) is 15.9. The van der Waals surface area contributed by atoms with Crippen LogP contribution >= 0.6 is 0 Å². The molecule has 0 bridgehead atoms. The Bertz CT molecular complexity index is 1300. The first-order valence-corrected chi connectivity index (χ1v) is 9.28. The molecule has 2 heterocycles. The van der Waals surface area contributed by atoms with E-state index >= 15 is 0 Å². The molecule has 1 aliphatic rings. The third-order valence-electron chi connectivity index (χ3n) is 4.91. The SMILES string of the molecule is CC(=O)Oc1ccc(-c2nc3ccc(N4C(=O)c5ccccc5C4=O)cc3[nH]2)cc1. The number of H-pyrrole nitrogens is 1. The van der Waals surface area contributed by atoms with E-state index in [1.165, 1.54) is 11.8 Å². The molecular formula is C23H15N3O4. The molecule has 0 radical (unpaired) electrons. The van der Waals surface area contributed by atoms with Crippen LogP contribution in [0.4, 0.5) is 5.69 Å². The van der Waals surface area contributed by atoms with Crippen molar-refractivity contribution in [3.8, 4) is 17.1 Å². The highest BCUT2D eigenvalue weighted by Gasteiger charge is 2.36. The van der Waals surface area contributed by atoms with Gasteiger partial charge in [0.25, 0.3) is 11.8 Å². The van der Waals surface area contributed by atoms with Crippen molar-refractivity contribution in [2.45, 2.75) is 6.92 Å². The molecule has 7 heteroatoms. The number of amides is 2. The summed E-state index contributed by atoms with van der Waals surface area (Å²) in [5.41, 5.74) is 3.50. The van der Waals surface area contributed by atoms with Gasteiger partial charge in [0.2, 0.25) is 0 Å². The Labute approximate surface area is 170 Å². The number of esters is 1. The van der Waals surface area contributed by atoms with E-state index in [0.29, 0.717) is 39.4 Å². The van der Waals surface area contributed by atoms with Gasteiger partial charge in [0.05, 0.1) is 27.8 Å². The third kappa shape index (κ3) is 2.84. The molecule has 7 nitrogen and oxygen atoms in total. The summed E-state index contributed by atoms with van der Waals surface area (Å²) < 4.78 is 5.04. The van der Waals surface area contributed by atoms with Crippen LogP contribution < -0.4 is 9.64 Å². The number of aromatic amines is 1. The third-order valence-corrected chi connectivity index (χ3v) is 4.91. The van der Waals surface area contributed by atoms with Gasteiger partial charge >= 0.3 is 5.97 Å². The molecule has 1 aliphatic heterocycles. The molecule has 0 atom stereocenters. The number of anilines is 1. The Kier molecular flexibility index (Phi) is 3.96. The Morgan fingerprint density at radius 1 is 0.933 bits per heavy atom. The fourth-order valence-corrected chi connectivity index (χ4v) is 3.54. The second-order valence-electron chi connectivity index (χ2n) is 6.90. The quantitative estimate of drug-likeness (QED) is 0.321. The molecule has 146 valence electrons. The molecule has 3 aromatic carbocycles. The number of nitrogens with zero attached hydrogens (tertiary/aromatic N) is 2. The maximum absolute atomic E-state index is 12.7.